The average molecular weight is 430 g/mol. The van der Waals surface area contributed by atoms with Gasteiger partial charge in [0, 0.05) is 25.8 Å². The topological polar surface area (TPSA) is 69.7 Å². The van der Waals surface area contributed by atoms with Crippen molar-refractivity contribution in [3.63, 3.8) is 0 Å². The largest absolute Gasteiger partial charge is 0.372 e. The third-order valence-corrected chi connectivity index (χ3v) is 7.07. The molecule has 1 aliphatic heterocycles. The molecule has 7 heteroatoms. The first-order valence-electron chi connectivity index (χ1n) is 10.4. The first-order chi connectivity index (χ1) is 14.2. The van der Waals surface area contributed by atoms with Crippen molar-refractivity contribution in [2.75, 3.05) is 35.6 Å². The van der Waals surface area contributed by atoms with Crippen molar-refractivity contribution in [2.45, 2.75) is 32.7 Å². The number of hydrogen-bond acceptors (Lipinski definition) is 4. The molecule has 1 saturated heterocycles. The highest BCUT2D eigenvalue weighted by Gasteiger charge is 2.21. The Hall–Kier alpha value is -2.54. The van der Waals surface area contributed by atoms with Gasteiger partial charge in [-0.1, -0.05) is 31.2 Å². The number of amides is 1. The lowest BCUT2D eigenvalue weighted by Gasteiger charge is -2.32. The molecule has 162 valence electrons. The molecule has 0 saturated carbocycles. The fraction of sp³-hybridized carbons (Fsp3) is 0.435. The van der Waals surface area contributed by atoms with Gasteiger partial charge in [0.25, 0.3) is 5.91 Å². The van der Waals surface area contributed by atoms with Gasteiger partial charge < -0.3 is 10.2 Å². The molecule has 1 amide bonds. The lowest BCUT2D eigenvalue weighted by Crippen LogP contribution is -2.33. The molecule has 1 N–H and O–H groups in total. The zero-order chi connectivity index (χ0) is 21.9. The minimum Gasteiger partial charge on any atom is -0.372 e. The van der Waals surface area contributed by atoms with Crippen LogP contribution in [-0.2, 0) is 10.0 Å². The number of rotatable bonds is 6. The molecule has 2 aromatic carbocycles. The van der Waals surface area contributed by atoms with Gasteiger partial charge in [-0.05, 0) is 55.5 Å². The molecule has 0 radical (unpaired) electrons. The van der Waals surface area contributed by atoms with E-state index in [0.29, 0.717) is 11.3 Å². The van der Waals surface area contributed by atoms with Crippen LogP contribution in [0.15, 0.2) is 48.5 Å². The summed E-state index contributed by atoms with van der Waals surface area (Å²) in [4.78, 5) is 15.3. The molecule has 3 rings (SSSR count). The lowest BCUT2D eigenvalue weighted by atomic mass is 9.98. The predicted molar refractivity (Wildman–Crippen MR) is 123 cm³/mol. The van der Waals surface area contributed by atoms with Crippen molar-refractivity contribution in [3.8, 4) is 0 Å². The maximum absolute atomic E-state index is 12.9. The smallest absolute Gasteiger partial charge is 0.253 e. The van der Waals surface area contributed by atoms with Crippen molar-refractivity contribution < 1.29 is 13.2 Å². The molecule has 0 aliphatic carbocycles. The van der Waals surface area contributed by atoms with E-state index in [2.05, 4.69) is 29.3 Å². The van der Waals surface area contributed by atoms with Gasteiger partial charge in [-0.2, -0.15) is 0 Å². The number of anilines is 2. The van der Waals surface area contributed by atoms with Crippen molar-refractivity contribution in [1.82, 2.24) is 5.32 Å². The molecule has 30 heavy (non-hydrogen) atoms. The van der Waals surface area contributed by atoms with Crippen LogP contribution in [0.25, 0.3) is 0 Å². The van der Waals surface area contributed by atoms with Gasteiger partial charge in [-0.15, -0.1) is 0 Å². The van der Waals surface area contributed by atoms with Crippen LogP contribution >= 0.6 is 0 Å². The minimum absolute atomic E-state index is 0.204. The van der Waals surface area contributed by atoms with Crippen LogP contribution in [-0.4, -0.2) is 40.7 Å². The number of benzene rings is 2. The summed E-state index contributed by atoms with van der Waals surface area (Å²) in [6.07, 6.45) is 3.56. The van der Waals surface area contributed by atoms with Crippen molar-refractivity contribution >= 4 is 27.3 Å². The minimum atomic E-state index is -3.46. The summed E-state index contributed by atoms with van der Waals surface area (Å²) in [7, 11) is -2.01. The van der Waals surface area contributed by atoms with Gasteiger partial charge in [0.15, 0.2) is 0 Å². The second-order valence-electron chi connectivity index (χ2n) is 8.20. The summed E-state index contributed by atoms with van der Waals surface area (Å²) in [5, 5.41) is 2.99. The Morgan fingerprint density at radius 1 is 1.10 bits per heavy atom. The molecule has 1 heterocycles. The second kappa shape index (κ2) is 9.08. The van der Waals surface area contributed by atoms with E-state index < -0.39 is 10.0 Å². The molecule has 0 bridgehead atoms. The Labute approximate surface area is 179 Å². The van der Waals surface area contributed by atoms with E-state index >= 15 is 0 Å². The van der Waals surface area contributed by atoms with Crippen LogP contribution in [0.1, 0.15) is 48.7 Å². The maximum atomic E-state index is 12.9. The number of sulfonamides is 1. The summed E-state index contributed by atoms with van der Waals surface area (Å²) in [5.74, 6) is 0.489. The Balaban J connectivity index is 1.71. The molecule has 1 aliphatic rings. The van der Waals surface area contributed by atoms with Gasteiger partial charge in [0.2, 0.25) is 10.0 Å². The van der Waals surface area contributed by atoms with E-state index in [1.54, 1.807) is 24.3 Å². The number of para-hydroxylation sites is 1. The van der Waals surface area contributed by atoms with Crippen LogP contribution in [0.2, 0.25) is 0 Å². The molecular weight excluding hydrogens is 398 g/mol. The molecule has 2 aromatic rings. The summed E-state index contributed by atoms with van der Waals surface area (Å²) in [6, 6.07) is 14.8. The molecule has 6 nitrogen and oxygen atoms in total. The zero-order valence-electron chi connectivity index (χ0n) is 18.1. The second-order valence-corrected chi connectivity index (χ2v) is 10.2. The summed E-state index contributed by atoms with van der Waals surface area (Å²) < 4.78 is 25.0. The van der Waals surface area contributed by atoms with Gasteiger partial charge in [0.1, 0.15) is 0 Å². The lowest BCUT2D eigenvalue weighted by molar-refractivity contribution is 0.0940. The first kappa shape index (κ1) is 22.2. The van der Waals surface area contributed by atoms with E-state index in [4.69, 9.17) is 0 Å². The first-order valence-corrected chi connectivity index (χ1v) is 12.2. The number of piperidine rings is 1. The van der Waals surface area contributed by atoms with E-state index in [1.807, 2.05) is 19.1 Å². The van der Waals surface area contributed by atoms with Gasteiger partial charge in [-0.3, -0.25) is 9.10 Å². The Kier molecular flexibility index (Phi) is 6.71. The molecule has 0 spiro atoms. The van der Waals surface area contributed by atoms with Crippen LogP contribution in [0.4, 0.5) is 11.4 Å². The van der Waals surface area contributed by atoms with Gasteiger partial charge in [0.05, 0.1) is 23.5 Å². The number of nitrogens with zero attached hydrogens (tertiary/aromatic N) is 2. The molecule has 1 atom stereocenters. The van der Waals surface area contributed by atoms with Crippen LogP contribution < -0.4 is 14.5 Å². The monoisotopic (exact) mass is 429 g/mol. The third-order valence-electron chi connectivity index (χ3n) is 5.87. The fourth-order valence-electron chi connectivity index (χ4n) is 3.72. The van der Waals surface area contributed by atoms with Crippen LogP contribution in [0.5, 0.6) is 0 Å². The number of hydrogen-bond donors (Lipinski definition) is 1. The highest BCUT2D eigenvalue weighted by Crippen LogP contribution is 2.26. The molecule has 0 aromatic heterocycles. The van der Waals surface area contributed by atoms with Crippen molar-refractivity contribution in [1.29, 1.82) is 0 Å². The van der Waals surface area contributed by atoms with Crippen molar-refractivity contribution in [3.05, 3.63) is 59.7 Å². The summed E-state index contributed by atoms with van der Waals surface area (Å²) >= 11 is 0. The Morgan fingerprint density at radius 2 is 1.70 bits per heavy atom. The predicted octanol–water partition coefficient (Wildman–Crippen LogP) is 3.81. The van der Waals surface area contributed by atoms with Gasteiger partial charge in [-0.25, -0.2) is 8.42 Å². The normalized spacial score (nSPS) is 16.2. The maximum Gasteiger partial charge on any atom is 0.253 e. The number of carbonyl (C=O) groups excluding carboxylic acids is 1. The number of carbonyl (C=O) groups is 1. The van der Waals surface area contributed by atoms with Crippen molar-refractivity contribution in [2.24, 2.45) is 5.92 Å². The quantitative estimate of drug-likeness (QED) is 0.758. The van der Waals surface area contributed by atoms with Gasteiger partial charge >= 0.3 is 0 Å². The molecule has 1 fully saturated rings. The Morgan fingerprint density at radius 3 is 2.30 bits per heavy atom. The standard InChI is InChI=1S/C23H31N3O3S/c1-17-13-15-26(16-14-17)20-11-9-19(10-12-20)18(2)24-23(27)21-7-5-6-8-22(21)25(3)30(4,28)29/h5-12,17-18H,13-16H2,1-4H3,(H,24,27)/t18-/m0/s1. The zero-order valence-corrected chi connectivity index (χ0v) is 18.9. The molecular formula is C23H31N3O3S. The van der Waals surface area contributed by atoms with Crippen LogP contribution in [0, 0.1) is 5.92 Å². The van der Waals surface area contributed by atoms with E-state index in [0.717, 1.165) is 35.1 Å². The van der Waals surface area contributed by atoms with E-state index in [9.17, 15) is 13.2 Å². The summed E-state index contributed by atoms with van der Waals surface area (Å²) in [5.41, 5.74) is 2.91. The molecule has 0 unspecified atom stereocenters. The highest BCUT2D eigenvalue weighted by atomic mass is 32.2. The number of nitrogens with one attached hydrogen (secondary N) is 1. The third kappa shape index (κ3) is 5.14. The van der Waals surface area contributed by atoms with E-state index in [1.165, 1.54) is 25.6 Å². The van der Waals surface area contributed by atoms with Crippen LogP contribution in [0.3, 0.4) is 0 Å². The fourth-order valence-corrected chi connectivity index (χ4v) is 4.23. The highest BCUT2D eigenvalue weighted by molar-refractivity contribution is 7.92. The van der Waals surface area contributed by atoms with E-state index in [-0.39, 0.29) is 11.9 Å². The SMILES string of the molecule is CC1CCN(c2ccc([C@H](C)NC(=O)c3ccccc3N(C)S(C)(=O)=O)cc2)CC1. The Bertz CT molecular complexity index is 981. The average Bonchev–Trinajstić information content (AvgIpc) is 2.73. The summed E-state index contributed by atoms with van der Waals surface area (Å²) in [6.45, 7) is 6.39.